The van der Waals surface area contributed by atoms with Gasteiger partial charge in [0.1, 0.15) is 0 Å². The standard InChI is InChI=1S/C12H26ClNO2Si/c1-3-4-6-12-7-9-15-17(2,10-5-8-13)16-14-11-12/h12,14H,3-11H2,1-2H3. The Morgan fingerprint density at radius 3 is 2.94 bits per heavy atom. The van der Waals surface area contributed by atoms with Gasteiger partial charge in [-0.2, -0.15) is 0 Å². The molecule has 0 aliphatic carbocycles. The first-order valence-electron chi connectivity index (χ1n) is 6.81. The molecule has 0 amide bonds. The SMILES string of the molecule is CCCCC1CCO[Si](C)(CCCCl)ONC1. The summed E-state index contributed by atoms with van der Waals surface area (Å²) in [4.78, 5) is 0. The predicted molar refractivity (Wildman–Crippen MR) is 74.4 cm³/mol. The Balaban J connectivity index is 2.30. The molecule has 0 aromatic heterocycles. The van der Waals surface area contributed by atoms with Crippen LogP contribution in [0.4, 0.5) is 0 Å². The van der Waals surface area contributed by atoms with Crippen molar-refractivity contribution in [3.05, 3.63) is 0 Å². The molecule has 0 radical (unpaired) electrons. The first-order valence-corrected chi connectivity index (χ1v) is 9.87. The second-order valence-corrected chi connectivity index (χ2v) is 8.66. The van der Waals surface area contributed by atoms with E-state index in [4.69, 9.17) is 20.6 Å². The van der Waals surface area contributed by atoms with Crippen molar-refractivity contribution in [3.63, 3.8) is 0 Å². The third-order valence-corrected chi connectivity index (χ3v) is 6.24. The maximum atomic E-state index is 5.98. The van der Waals surface area contributed by atoms with Gasteiger partial charge in [-0.15, -0.1) is 11.6 Å². The van der Waals surface area contributed by atoms with Gasteiger partial charge in [-0.25, -0.2) is 5.48 Å². The second kappa shape index (κ2) is 8.48. The monoisotopic (exact) mass is 279 g/mol. The van der Waals surface area contributed by atoms with Crippen LogP contribution in [0.5, 0.6) is 0 Å². The Morgan fingerprint density at radius 1 is 1.41 bits per heavy atom. The van der Waals surface area contributed by atoms with Gasteiger partial charge in [-0.05, 0) is 37.8 Å². The molecule has 3 nitrogen and oxygen atoms in total. The first kappa shape index (κ1) is 15.4. The molecule has 1 saturated heterocycles. The van der Waals surface area contributed by atoms with E-state index in [1.54, 1.807) is 0 Å². The molecule has 0 aromatic carbocycles. The van der Waals surface area contributed by atoms with Crippen molar-refractivity contribution in [2.24, 2.45) is 5.92 Å². The smallest absolute Gasteiger partial charge is 0.355 e. The highest BCUT2D eigenvalue weighted by atomic mass is 35.5. The molecular formula is C12H26ClNO2Si. The number of unbranched alkanes of at least 4 members (excludes halogenated alkanes) is 1. The van der Waals surface area contributed by atoms with E-state index in [0.717, 1.165) is 32.0 Å². The average molecular weight is 280 g/mol. The van der Waals surface area contributed by atoms with Gasteiger partial charge in [0.05, 0.1) is 0 Å². The molecule has 2 atom stereocenters. The van der Waals surface area contributed by atoms with E-state index in [0.29, 0.717) is 11.8 Å². The summed E-state index contributed by atoms with van der Waals surface area (Å²) in [7, 11) is -2.00. The molecule has 1 aliphatic heterocycles. The van der Waals surface area contributed by atoms with E-state index in [9.17, 15) is 0 Å². The van der Waals surface area contributed by atoms with Crippen molar-refractivity contribution >= 4 is 20.2 Å². The minimum absolute atomic E-state index is 0.689. The molecular weight excluding hydrogens is 254 g/mol. The topological polar surface area (TPSA) is 30.5 Å². The Morgan fingerprint density at radius 2 is 2.24 bits per heavy atom. The Kier molecular flexibility index (Phi) is 7.71. The Labute approximate surface area is 111 Å². The highest BCUT2D eigenvalue weighted by Crippen LogP contribution is 2.21. The van der Waals surface area contributed by atoms with Crippen LogP contribution in [0, 0.1) is 5.92 Å². The lowest BCUT2D eigenvalue weighted by atomic mass is 9.99. The van der Waals surface area contributed by atoms with E-state index >= 15 is 0 Å². The van der Waals surface area contributed by atoms with Crippen molar-refractivity contribution in [2.45, 2.75) is 51.6 Å². The summed E-state index contributed by atoms with van der Waals surface area (Å²) in [5.41, 5.74) is 3.14. The molecule has 102 valence electrons. The first-order chi connectivity index (χ1) is 8.20. The molecule has 0 saturated carbocycles. The van der Waals surface area contributed by atoms with Crippen LogP contribution in [-0.2, 0) is 8.95 Å². The van der Waals surface area contributed by atoms with E-state index in [1.807, 2.05) is 0 Å². The molecule has 17 heavy (non-hydrogen) atoms. The van der Waals surface area contributed by atoms with E-state index in [1.165, 1.54) is 19.3 Å². The molecule has 0 aromatic rings. The summed E-state index contributed by atoms with van der Waals surface area (Å²) in [5, 5.41) is 0. The van der Waals surface area contributed by atoms with Crippen LogP contribution >= 0.6 is 11.6 Å². The Bertz CT molecular complexity index is 197. The maximum Gasteiger partial charge on any atom is 0.355 e. The fourth-order valence-electron chi connectivity index (χ4n) is 2.14. The lowest BCUT2D eigenvalue weighted by molar-refractivity contribution is 0.0677. The van der Waals surface area contributed by atoms with Gasteiger partial charge in [0.25, 0.3) is 0 Å². The number of hydrogen-bond acceptors (Lipinski definition) is 3. The molecule has 1 heterocycles. The molecule has 0 bridgehead atoms. The Hall–Kier alpha value is 0.387. The summed E-state index contributed by atoms with van der Waals surface area (Å²) >= 11 is 5.73. The molecule has 1 fully saturated rings. The summed E-state index contributed by atoms with van der Waals surface area (Å²) < 4.78 is 11.8. The summed E-state index contributed by atoms with van der Waals surface area (Å²) in [6.07, 6.45) is 5.97. The average Bonchev–Trinajstić information content (AvgIpc) is 2.30. The molecule has 1 aliphatic rings. The van der Waals surface area contributed by atoms with Crippen LogP contribution in [0.1, 0.15) is 39.0 Å². The van der Waals surface area contributed by atoms with Crippen LogP contribution in [0.15, 0.2) is 0 Å². The van der Waals surface area contributed by atoms with Crippen molar-refractivity contribution in [1.29, 1.82) is 0 Å². The summed E-state index contributed by atoms with van der Waals surface area (Å²) in [6, 6.07) is 0.975. The van der Waals surface area contributed by atoms with Crippen molar-refractivity contribution in [2.75, 3.05) is 19.0 Å². The minimum atomic E-state index is -2.00. The molecule has 2 unspecified atom stereocenters. The fraction of sp³-hybridized carbons (Fsp3) is 1.00. The zero-order valence-corrected chi connectivity index (χ0v) is 12.9. The zero-order chi connectivity index (χ0) is 12.6. The van der Waals surface area contributed by atoms with Crippen molar-refractivity contribution in [3.8, 4) is 0 Å². The second-order valence-electron chi connectivity index (χ2n) is 5.02. The normalized spacial score (nSPS) is 30.9. The third kappa shape index (κ3) is 6.20. The molecule has 1 N–H and O–H groups in total. The van der Waals surface area contributed by atoms with Crippen LogP contribution in [0.3, 0.4) is 0 Å². The van der Waals surface area contributed by atoms with E-state index in [2.05, 4.69) is 19.0 Å². The number of nitrogens with one attached hydrogen (secondary N) is 1. The minimum Gasteiger partial charge on any atom is -0.394 e. The number of hydroxylamine groups is 1. The number of halogens is 1. The van der Waals surface area contributed by atoms with E-state index in [-0.39, 0.29) is 0 Å². The quantitative estimate of drug-likeness (QED) is 0.597. The zero-order valence-electron chi connectivity index (χ0n) is 11.1. The van der Waals surface area contributed by atoms with Gasteiger partial charge < -0.3 is 8.95 Å². The summed E-state index contributed by atoms with van der Waals surface area (Å²) in [5.74, 6) is 1.38. The number of hydrogen-bond donors (Lipinski definition) is 1. The highest BCUT2D eigenvalue weighted by Gasteiger charge is 2.33. The van der Waals surface area contributed by atoms with Crippen LogP contribution in [0.25, 0.3) is 0 Å². The largest absolute Gasteiger partial charge is 0.394 e. The van der Waals surface area contributed by atoms with E-state index < -0.39 is 8.56 Å². The molecule has 1 rings (SSSR count). The third-order valence-electron chi connectivity index (χ3n) is 3.32. The van der Waals surface area contributed by atoms with Crippen molar-refractivity contribution in [1.82, 2.24) is 5.48 Å². The van der Waals surface area contributed by atoms with Gasteiger partial charge in [0, 0.05) is 19.0 Å². The summed E-state index contributed by atoms with van der Waals surface area (Å²) in [6.45, 7) is 6.17. The van der Waals surface area contributed by atoms with Crippen molar-refractivity contribution < 1.29 is 8.95 Å². The molecule has 5 heteroatoms. The van der Waals surface area contributed by atoms with Crippen LogP contribution in [-0.4, -0.2) is 27.6 Å². The number of rotatable bonds is 6. The highest BCUT2D eigenvalue weighted by molar-refractivity contribution is 6.65. The predicted octanol–water partition coefficient (Wildman–Crippen LogP) is 3.44. The van der Waals surface area contributed by atoms with Gasteiger partial charge in [-0.3, -0.25) is 0 Å². The van der Waals surface area contributed by atoms with Crippen LogP contribution < -0.4 is 5.48 Å². The lowest BCUT2D eigenvalue weighted by Crippen LogP contribution is -2.47. The lowest BCUT2D eigenvalue weighted by Gasteiger charge is -2.31. The fourth-order valence-corrected chi connectivity index (χ4v) is 4.56. The molecule has 0 spiro atoms. The van der Waals surface area contributed by atoms with Gasteiger partial charge in [0.2, 0.25) is 0 Å². The van der Waals surface area contributed by atoms with Gasteiger partial charge >= 0.3 is 8.56 Å². The van der Waals surface area contributed by atoms with Crippen LogP contribution in [0.2, 0.25) is 12.6 Å². The maximum absolute atomic E-state index is 5.98. The van der Waals surface area contributed by atoms with Gasteiger partial charge in [0.15, 0.2) is 0 Å². The number of alkyl halides is 1. The van der Waals surface area contributed by atoms with Gasteiger partial charge in [-0.1, -0.05) is 19.8 Å².